The molecule has 6 rings (SSSR count). The number of carboxylic acids is 2. The lowest BCUT2D eigenvalue weighted by atomic mass is 9.96. The van der Waals surface area contributed by atoms with E-state index in [1.807, 2.05) is 12.1 Å². The Kier molecular flexibility index (Phi) is 33.2. The summed E-state index contributed by atoms with van der Waals surface area (Å²) in [5, 5.41) is 59.3. The van der Waals surface area contributed by atoms with Gasteiger partial charge in [0.25, 0.3) is 5.91 Å². The first-order valence-electron chi connectivity index (χ1n) is 34.5. The molecule has 0 aromatic heterocycles. The van der Waals surface area contributed by atoms with Crippen LogP contribution in [0.15, 0.2) is 47.6 Å². The number of primary amides is 1. The van der Waals surface area contributed by atoms with Crippen LogP contribution in [0.1, 0.15) is 147 Å². The second-order valence-corrected chi connectivity index (χ2v) is 28.3. The highest BCUT2D eigenvalue weighted by molar-refractivity contribution is 7.98. The molecule has 13 N–H and O–H groups in total. The molecule has 4 heterocycles. The molecule has 4 aliphatic heterocycles. The Morgan fingerprint density at radius 2 is 1.20 bits per heavy atom. The lowest BCUT2D eigenvalue weighted by Gasteiger charge is -2.33. The summed E-state index contributed by atoms with van der Waals surface area (Å²) < 4.78 is 6.29. The third-order valence-electron chi connectivity index (χ3n) is 17.7. The number of nitrogens with two attached hydrogens (primary N) is 2. The van der Waals surface area contributed by atoms with E-state index >= 15 is 4.79 Å². The zero-order valence-electron chi connectivity index (χ0n) is 57.6. The molecule has 11 amide bonds. The van der Waals surface area contributed by atoms with Gasteiger partial charge in [-0.3, -0.25) is 52.7 Å². The number of hydrogen-bond acceptors (Lipinski definition) is 22. The predicted molar refractivity (Wildman–Crippen MR) is 369 cm³/mol. The number of phenols is 1. The van der Waals surface area contributed by atoms with Crippen molar-refractivity contribution in [2.45, 2.75) is 209 Å². The molecular formula is C68H97N13O18S2-2. The number of carbonyl (C=O) groups excluding carboxylic acids is 13. The van der Waals surface area contributed by atoms with Crippen molar-refractivity contribution in [3.63, 3.8) is 0 Å². The topological polar surface area (TPSA) is 474 Å². The number of fused-ring (bicyclic) bond motifs is 7. The van der Waals surface area contributed by atoms with Crippen molar-refractivity contribution in [3.8, 4) is 11.5 Å². The molecule has 31 nitrogen and oxygen atoms in total. The van der Waals surface area contributed by atoms with E-state index in [-0.39, 0.29) is 106 Å². The summed E-state index contributed by atoms with van der Waals surface area (Å²) in [6.07, 6.45) is 2.90. The first-order valence-corrected chi connectivity index (χ1v) is 36.8. The van der Waals surface area contributed by atoms with Gasteiger partial charge < -0.3 is 98.3 Å². The molecule has 4 bridgehead atoms. The van der Waals surface area contributed by atoms with E-state index < -0.39 is 163 Å². The second kappa shape index (κ2) is 41.3. The molecule has 2 aromatic carbocycles. The van der Waals surface area contributed by atoms with Gasteiger partial charge in [-0.1, -0.05) is 57.5 Å². The maximum atomic E-state index is 15.2. The number of phenolic OH excluding ortho intramolecular Hbond substituents is 1. The number of benzene rings is 2. The van der Waals surface area contributed by atoms with Crippen LogP contribution < -0.4 is 69.0 Å². The van der Waals surface area contributed by atoms with E-state index in [0.717, 1.165) is 19.1 Å². The molecule has 11 atom stereocenters. The van der Waals surface area contributed by atoms with Gasteiger partial charge in [0.05, 0.1) is 6.61 Å². The first-order chi connectivity index (χ1) is 48.2. The quantitative estimate of drug-likeness (QED) is 0.0835. The van der Waals surface area contributed by atoms with Gasteiger partial charge >= 0.3 is 0 Å². The molecule has 0 unspecified atom stereocenters. The molecule has 0 radical (unpaired) electrons. The molecule has 101 heavy (non-hydrogen) atoms. The second-order valence-electron chi connectivity index (χ2n) is 26.2. The van der Waals surface area contributed by atoms with Crippen molar-refractivity contribution < 1.29 is 87.2 Å². The number of ether oxygens (including phenoxy) is 1. The van der Waals surface area contributed by atoms with E-state index in [0.29, 0.717) is 61.2 Å². The Hall–Kier alpha value is -8.72. The van der Waals surface area contributed by atoms with Crippen molar-refractivity contribution in [1.82, 2.24) is 52.3 Å². The summed E-state index contributed by atoms with van der Waals surface area (Å²) >= 11 is 2.44. The molecule has 0 aliphatic carbocycles. The first kappa shape index (κ1) is 81.2. The number of carboxylic acid groups (broad SMARTS) is 2. The Balaban J connectivity index is 1.42. The van der Waals surface area contributed by atoms with E-state index in [1.54, 1.807) is 33.8 Å². The monoisotopic (exact) mass is 1450 g/mol. The van der Waals surface area contributed by atoms with Crippen LogP contribution in [-0.2, 0) is 85.1 Å². The van der Waals surface area contributed by atoms with Crippen LogP contribution in [0.4, 0.5) is 0 Å². The number of aliphatic carboxylic acids is 2. The van der Waals surface area contributed by atoms with Gasteiger partial charge in [0, 0.05) is 60.9 Å². The standard InChI is InChI=1S/C68H99N13O18S2/c1-5-40(4)58-68(97)81-25-13-16-54(81)66(95)76-49(32-41-17-19-44(82)20-18-41)63(92)73-47(21-22-56(84)85)61(90)77-51(59(70)88)37-100-35-42-29-43-31-45(30-42)98-26-10-6-7-11-27-99-71-34-55(83)72-46(14-8-9-23-69)60(89)78-52(38-101-36-43)67(96)80-24-12-15-53(80)65(94)75-48(28-39(2)3)62(91)74-50(33-57(86)87)64(93)79-58/h17-20,29-31,34,39-40,46-54,58,82H,5-16,21-28,32-33,35-38,69H2,1-4H3,(H2,70,88)(H,72,83)(H,73,92)(H,74,91)(H,75,94)(H,76,95)(H,77,90)(H,78,89)(H,79,93)(H,84,85)(H,86,87)/p-2/b71-34+/t40-,46-,47-,48-,49-,50-,51-,52-,53-,54-,58-/m0/s1. The number of aromatic hydroxyl groups is 1. The fourth-order valence-corrected chi connectivity index (χ4v) is 14.1. The normalized spacial score (nSPS) is 25.9. The van der Waals surface area contributed by atoms with Gasteiger partial charge in [-0.05, 0) is 149 Å². The fourth-order valence-electron chi connectivity index (χ4n) is 12.1. The molecular weight excluding hydrogens is 1350 g/mol. The maximum absolute atomic E-state index is 15.2. The van der Waals surface area contributed by atoms with Crippen LogP contribution in [-0.4, -0.2) is 203 Å². The summed E-state index contributed by atoms with van der Waals surface area (Å²) in [5.41, 5.74) is 13.5. The van der Waals surface area contributed by atoms with Crippen LogP contribution in [0, 0.1) is 11.8 Å². The molecule has 0 saturated carbocycles. The fraction of sp³-hybridized carbons (Fsp3) is 0.618. The van der Waals surface area contributed by atoms with Crippen molar-refractivity contribution >= 4 is 107 Å². The minimum atomic E-state index is -1.91. The van der Waals surface area contributed by atoms with Gasteiger partial charge in [0.1, 0.15) is 84.7 Å². The Morgan fingerprint density at radius 3 is 1.81 bits per heavy atom. The van der Waals surface area contributed by atoms with E-state index in [4.69, 9.17) is 21.0 Å². The number of oxime groups is 1. The predicted octanol–water partition coefficient (Wildman–Crippen LogP) is -1.69. The summed E-state index contributed by atoms with van der Waals surface area (Å²) in [5.74, 6) is -13.5. The number of nitrogens with one attached hydrogen (secondary N) is 8. The van der Waals surface area contributed by atoms with Crippen LogP contribution in [0.25, 0.3) is 0 Å². The van der Waals surface area contributed by atoms with E-state index in [1.165, 1.54) is 57.6 Å². The molecule has 2 fully saturated rings. The number of amides is 11. The van der Waals surface area contributed by atoms with Crippen LogP contribution in [0.2, 0.25) is 0 Å². The largest absolute Gasteiger partial charge is 0.550 e. The van der Waals surface area contributed by atoms with E-state index in [2.05, 4.69) is 47.7 Å². The highest BCUT2D eigenvalue weighted by Crippen LogP contribution is 2.28. The van der Waals surface area contributed by atoms with Crippen molar-refractivity contribution in [3.05, 3.63) is 59.2 Å². The number of rotatable bonds is 16. The Bertz CT molecular complexity index is 3250. The smallest absolute Gasteiger partial charge is 0.266 e. The Labute approximate surface area is 595 Å². The number of unbranched alkanes of at least 4 members (excludes halogenated alkanes) is 1. The number of hydrogen-bond donors (Lipinski definition) is 11. The molecule has 2 aromatic rings. The minimum Gasteiger partial charge on any atom is -0.550 e. The van der Waals surface area contributed by atoms with Gasteiger partial charge in [0.15, 0.2) is 0 Å². The molecule has 556 valence electrons. The van der Waals surface area contributed by atoms with Gasteiger partial charge in [0.2, 0.25) is 59.1 Å². The number of carbonyl (C=O) groups is 13. The van der Waals surface area contributed by atoms with Crippen LogP contribution in [0.5, 0.6) is 11.5 Å². The van der Waals surface area contributed by atoms with Crippen molar-refractivity contribution in [2.24, 2.45) is 28.5 Å². The third-order valence-corrected chi connectivity index (χ3v) is 19.9. The highest BCUT2D eigenvalue weighted by atomic mass is 32.2. The van der Waals surface area contributed by atoms with Crippen LogP contribution >= 0.6 is 23.5 Å². The summed E-state index contributed by atoms with van der Waals surface area (Å²) in [6.45, 7) is 7.63. The Morgan fingerprint density at radius 1 is 0.634 bits per heavy atom. The van der Waals surface area contributed by atoms with Crippen molar-refractivity contribution in [2.75, 3.05) is 44.4 Å². The average Bonchev–Trinajstić information content (AvgIpc) is 1.79. The minimum absolute atomic E-state index is 0.0302. The molecule has 33 heteroatoms. The lowest BCUT2D eigenvalue weighted by molar-refractivity contribution is -0.307. The summed E-state index contributed by atoms with van der Waals surface area (Å²) in [6, 6.07) is -3.39. The number of nitrogens with zero attached hydrogens (tertiary/aromatic N) is 3. The summed E-state index contributed by atoms with van der Waals surface area (Å²) in [4.78, 5) is 190. The van der Waals surface area contributed by atoms with Gasteiger partial charge in [-0.2, -0.15) is 23.5 Å². The van der Waals surface area contributed by atoms with Gasteiger partial charge in [-0.15, -0.1) is 0 Å². The molecule has 0 spiro atoms. The highest BCUT2D eigenvalue weighted by Gasteiger charge is 2.43. The maximum Gasteiger partial charge on any atom is 0.266 e. The van der Waals surface area contributed by atoms with Crippen molar-refractivity contribution in [1.29, 1.82) is 0 Å². The van der Waals surface area contributed by atoms with Crippen LogP contribution in [0.3, 0.4) is 0 Å². The lowest BCUT2D eigenvalue weighted by Crippen LogP contribution is -2.62. The zero-order valence-corrected chi connectivity index (χ0v) is 59.3. The third kappa shape index (κ3) is 26.3. The zero-order chi connectivity index (χ0) is 73.7. The molecule has 2 saturated heterocycles. The SMILES string of the molecule is CC[C@H](C)[C@@H]1NC(=O)[C@H](CC(=O)[O-])NC(=O)[C@H](CC(C)C)NC(=O)[C@@H]2CCCN2C(=O)[C@@H]2CSCc3cc(cc(c3)OCCCCCCO/N=C/C(=O)N[C@@H](CCCCN)C(=O)N2)CSC[C@@H](C(N)=O)NC(=O)[C@H](CCC(=O)[O-])NC(=O)[C@H](Cc2ccc(O)cc2)NC(=O)[C@@H]2CCCN2C1=O. The van der Waals surface area contributed by atoms with E-state index in [9.17, 15) is 72.9 Å². The summed E-state index contributed by atoms with van der Waals surface area (Å²) in [7, 11) is 0. The van der Waals surface area contributed by atoms with Gasteiger partial charge in [-0.25, -0.2) is 0 Å². The number of thioether (sulfide) groups is 2. The molecule has 4 aliphatic rings. The average molecular weight is 1450 g/mol.